The monoisotopic (exact) mass is 500 g/mol. The number of amides is 2. The van der Waals surface area contributed by atoms with Crippen molar-refractivity contribution in [3.8, 4) is 5.75 Å². The lowest BCUT2D eigenvalue weighted by atomic mass is 10.1. The quantitative estimate of drug-likeness (QED) is 0.476. The van der Waals surface area contributed by atoms with Crippen LogP contribution in [0.25, 0.3) is 0 Å². The summed E-state index contributed by atoms with van der Waals surface area (Å²) in [5, 5.41) is 13.3. The van der Waals surface area contributed by atoms with Crippen LogP contribution < -0.4 is 10.9 Å². The molecule has 0 spiro atoms. The van der Waals surface area contributed by atoms with Gasteiger partial charge in [-0.25, -0.2) is 4.98 Å². The number of hydrogen-bond donors (Lipinski definition) is 3. The number of halogens is 2. The van der Waals surface area contributed by atoms with E-state index in [0.717, 1.165) is 5.56 Å². The van der Waals surface area contributed by atoms with E-state index in [2.05, 4.69) is 15.3 Å². The minimum atomic E-state index is -0.853. The van der Waals surface area contributed by atoms with Gasteiger partial charge in [-0.15, -0.1) is 0 Å². The second-order valence-electron chi connectivity index (χ2n) is 7.89. The number of aromatic hydroxyl groups is 1. The van der Waals surface area contributed by atoms with Crippen molar-refractivity contribution in [3.05, 3.63) is 91.6 Å². The Balaban J connectivity index is 1.56. The minimum absolute atomic E-state index is 0.116. The summed E-state index contributed by atoms with van der Waals surface area (Å²) in [6.45, 7) is 0.694. The van der Waals surface area contributed by atoms with Crippen LogP contribution in [0.2, 0.25) is 10.0 Å². The molecule has 1 fully saturated rings. The molecule has 0 saturated carbocycles. The molecule has 176 valence electrons. The molecular formula is C24H22Cl2N4O4. The van der Waals surface area contributed by atoms with Crippen molar-refractivity contribution in [2.24, 2.45) is 0 Å². The van der Waals surface area contributed by atoms with Crippen LogP contribution in [0.15, 0.2) is 53.3 Å². The molecule has 34 heavy (non-hydrogen) atoms. The van der Waals surface area contributed by atoms with E-state index in [4.69, 9.17) is 23.2 Å². The van der Waals surface area contributed by atoms with Crippen molar-refractivity contribution in [1.29, 1.82) is 0 Å². The Morgan fingerprint density at radius 3 is 2.53 bits per heavy atom. The largest absolute Gasteiger partial charge is 0.501 e. The van der Waals surface area contributed by atoms with Gasteiger partial charge in [-0.3, -0.25) is 14.4 Å². The molecule has 1 atom stereocenters. The predicted molar refractivity (Wildman–Crippen MR) is 128 cm³/mol. The van der Waals surface area contributed by atoms with Gasteiger partial charge in [-0.2, -0.15) is 0 Å². The molecule has 2 aromatic carbocycles. The van der Waals surface area contributed by atoms with Crippen molar-refractivity contribution < 1.29 is 14.7 Å². The summed E-state index contributed by atoms with van der Waals surface area (Å²) in [6, 6.07) is 13.8. The maximum Gasteiger partial charge on any atom is 0.294 e. The van der Waals surface area contributed by atoms with Gasteiger partial charge in [-0.05, 0) is 37.0 Å². The van der Waals surface area contributed by atoms with E-state index in [1.807, 2.05) is 30.3 Å². The molecule has 0 bridgehead atoms. The average molecular weight is 501 g/mol. The van der Waals surface area contributed by atoms with E-state index in [1.54, 1.807) is 18.2 Å². The van der Waals surface area contributed by atoms with Gasteiger partial charge in [0.05, 0.1) is 21.7 Å². The minimum Gasteiger partial charge on any atom is -0.501 e. The summed E-state index contributed by atoms with van der Waals surface area (Å²) in [7, 11) is 0. The molecule has 10 heteroatoms. The molecular weight excluding hydrogens is 479 g/mol. The third kappa shape index (κ3) is 4.93. The van der Waals surface area contributed by atoms with Crippen LogP contribution in [0, 0.1) is 0 Å². The molecule has 1 aromatic heterocycles. The number of hydrogen-bond acceptors (Lipinski definition) is 5. The zero-order valence-electron chi connectivity index (χ0n) is 18.1. The smallest absolute Gasteiger partial charge is 0.294 e. The Morgan fingerprint density at radius 1 is 1.12 bits per heavy atom. The van der Waals surface area contributed by atoms with Crippen LogP contribution >= 0.6 is 23.2 Å². The number of aromatic nitrogens is 2. The Labute approximate surface area is 205 Å². The fourth-order valence-corrected chi connectivity index (χ4v) is 4.55. The number of nitrogens with zero attached hydrogens (tertiary/aromatic N) is 2. The first kappa shape index (κ1) is 23.8. The van der Waals surface area contributed by atoms with Crippen LogP contribution in [0.5, 0.6) is 5.75 Å². The highest BCUT2D eigenvalue weighted by Crippen LogP contribution is 2.34. The van der Waals surface area contributed by atoms with E-state index in [9.17, 15) is 19.5 Å². The second-order valence-corrected chi connectivity index (χ2v) is 8.71. The van der Waals surface area contributed by atoms with Gasteiger partial charge in [0.2, 0.25) is 5.75 Å². The molecule has 1 aliphatic rings. The van der Waals surface area contributed by atoms with Gasteiger partial charge in [0.15, 0.2) is 5.69 Å². The van der Waals surface area contributed by atoms with E-state index < -0.39 is 29.2 Å². The fourth-order valence-electron chi connectivity index (χ4n) is 3.99. The number of H-pyrrole nitrogens is 1. The SMILES string of the molecule is O=C(NCCc1ccccc1)c1nc([C@@H]2CCCN2C(=O)c2c(Cl)cccc2Cl)[nH]c(=O)c1O. The summed E-state index contributed by atoms with van der Waals surface area (Å²) in [5.41, 5.74) is -0.0437. The van der Waals surface area contributed by atoms with Gasteiger partial charge in [0, 0.05) is 13.1 Å². The first-order valence-electron chi connectivity index (χ1n) is 10.8. The van der Waals surface area contributed by atoms with Gasteiger partial charge in [0.25, 0.3) is 17.4 Å². The molecule has 3 aromatic rings. The molecule has 4 rings (SSSR count). The van der Waals surface area contributed by atoms with Gasteiger partial charge in [0.1, 0.15) is 5.82 Å². The molecule has 2 amide bonds. The summed E-state index contributed by atoms with van der Waals surface area (Å²) in [5.74, 6) is -1.73. The highest BCUT2D eigenvalue weighted by Gasteiger charge is 2.35. The first-order valence-corrected chi connectivity index (χ1v) is 11.5. The Kier molecular flexibility index (Phi) is 7.19. The number of nitrogens with one attached hydrogen (secondary N) is 2. The summed E-state index contributed by atoms with van der Waals surface area (Å²) < 4.78 is 0. The van der Waals surface area contributed by atoms with Gasteiger partial charge in [-0.1, -0.05) is 59.6 Å². The summed E-state index contributed by atoms with van der Waals surface area (Å²) in [4.78, 5) is 46.6. The Hall–Kier alpha value is -3.36. The van der Waals surface area contributed by atoms with Crippen LogP contribution in [0.3, 0.4) is 0 Å². The number of benzene rings is 2. The number of likely N-dealkylation sites (tertiary alicyclic amines) is 1. The van der Waals surface area contributed by atoms with Crippen molar-refractivity contribution >= 4 is 35.0 Å². The number of aromatic amines is 1. The molecule has 8 nitrogen and oxygen atoms in total. The Bertz CT molecular complexity index is 1260. The van der Waals surface area contributed by atoms with Crippen molar-refractivity contribution in [2.75, 3.05) is 13.1 Å². The van der Waals surface area contributed by atoms with Crippen LogP contribution in [0.1, 0.15) is 51.1 Å². The lowest BCUT2D eigenvalue weighted by Gasteiger charge is -2.25. The second kappa shape index (κ2) is 10.3. The van der Waals surface area contributed by atoms with E-state index in [0.29, 0.717) is 32.4 Å². The van der Waals surface area contributed by atoms with E-state index >= 15 is 0 Å². The third-order valence-electron chi connectivity index (χ3n) is 5.68. The fraction of sp³-hybridized carbons (Fsp3) is 0.250. The maximum absolute atomic E-state index is 13.2. The van der Waals surface area contributed by atoms with Crippen LogP contribution in [-0.2, 0) is 6.42 Å². The topological polar surface area (TPSA) is 115 Å². The lowest BCUT2D eigenvalue weighted by molar-refractivity contribution is 0.0730. The summed E-state index contributed by atoms with van der Waals surface area (Å²) >= 11 is 12.4. The van der Waals surface area contributed by atoms with Crippen molar-refractivity contribution in [2.45, 2.75) is 25.3 Å². The lowest BCUT2D eigenvalue weighted by Crippen LogP contribution is -2.34. The highest BCUT2D eigenvalue weighted by molar-refractivity contribution is 6.39. The average Bonchev–Trinajstić information content (AvgIpc) is 3.31. The normalized spacial score (nSPS) is 15.4. The highest BCUT2D eigenvalue weighted by atomic mass is 35.5. The standard InChI is InChI=1S/C24H22Cl2N4O4/c25-15-8-4-9-16(26)18(15)24(34)30-13-5-10-17(30)21-28-19(20(31)23(33)29-21)22(32)27-12-11-14-6-2-1-3-7-14/h1-4,6-9,17,31H,5,10-13H2,(H,27,32)(H,28,29,33)/t17-/m0/s1. The maximum atomic E-state index is 13.2. The van der Waals surface area contributed by atoms with Gasteiger partial charge < -0.3 is 20.3 Å². The van der Waals surface area contributed by atoms with E-state index in [1.165, 1.54) is 4.90 Å². The molecule has 3 N–H and O–H groups in total. The number of carbonyl (C=O) groups is 2. The number of rotatable bonds is 6. The van der Waals surface area contributed by atoms with Crippen LogP contribution in [0.4, 0.5) is 0 Å². The van der Waals surface area contributed by atoms with Crippen molar-refractivity contribution in [1.82, 2.24) is 20.2 Å². The molecule has 1 aliphatic heterocycles. The third-order valence-corrected chi connectivity index (χ3v) is 6.31. The summed E-state index contributed by atoms with van der Waals surface area (Å²) in [6.07, 6.45) is 1.74. The Morgan fingerprint density at radius 2 is 1.82 bits per heavy atom. The zero-order chi connectivity index (χ0) is 24.2. The molecule has 2 heterocycles. The molecule has 0 aliphatic carbocycles. The van der Waals surface area contributed by atoms with E-state index in [-0.39, 0.29) is 27.1 Å². The predicted octanol–water partition coefficient (Wildman–Crippen LogP) is 3.73. The molecule has 0 radical (unpaired) electrons. The molecule has 1 saturated heterocycles. The first-order chi connectivity index (χ1) is 16.4. The number of carbonyl (C=O) groups excluding carboxylic acids is 2. The van der Waals surface area contributed by atoms with Crippen molar-refractivity contribution in [3.63, 3.8) is 0 Å². The van der Waals surface area contributed by atoms with Crippen LogP contribution in [-0.4, -0.2) is 44.9 Å². The molecule has 0 unspecified atom stereocenters. The van der Waals surface area contributed by atoms with Gasteiger partial charge >= 0.3 is 0 Å². The zero-order valence-corrected chi connectivity index (χ0v) is 19.6.